The largest absolute Gasteiger partial charge is 0.462 e. The molecule has 160 valence electrons. The van der Waals surface area contributed by atoms with E-state index in [-0.39, 0.29) is 17.5 Å². The number of rotatable bonds is 2. The molecular formula is C25H42O3. The molecule has 0 bridgehead atoms. The van der Waals surface area contributed by atoms with E-state index in [2.05, 4.69) is 27.7 Å². The van der Waals surface area contributed by atoms with Gasteiger partial charge in [0.2, 0.25) is 0 Å². The molecule has 0 spiro atoms. The van der Waals surface area contributed by atoms with Crippen LogP contribution in [0.3, 0.4) is 0 Å². The lowest BCUT2D eigenvalue weighted by Gasteiger charge is -2.67. The van der Waals surface area contributed by atoms with Crippen LogP contribution in [-0.4, -0.2) is 23.8 Å². The van der Waals surface area contributed by atoms with Crippen molar-refractivity contribution >= 4 is 5.97 Å². The minimum absolute atomic E-state index is 0.115. The van der Waals surface area contributed by atoms with E-state index in [1.165, 1.54) is 51.4 Å². The molecule has 4 aliphatic rings. The molecule has 4 rings (SSSR count). The van der Waals surface area contributed by atoms with Crippen LogP contribution in [0.1, 0.15) is 92.4 Å². The Morgan fingerprint density at radius 3 is 2.29 bits per heavy atom. The van der Waals surface area contributed by atoms with E-state index in [4.69, 9.17) is 4.74 Å². The number of aliphatic hydroxyl groups is 1. The minimum atomic E-state index is -0.115. The second-order valence-corrected chi connectivity index (χ2v) is 11.9. The second kappa shape index (κ2) is 7.00. The molecule has 0 aromatic rings. The van der Waals surface area contributed by atoms with Gasteiger partial charge in [-0.2, -0.15) is 0 Å². The number of aliphatic hydroxyl groups excluding tert-OH is 1. The highest BCUT2D eigenvalue weighted by atomic mass is 16.5. The van der Waals surface area contributed by atoms with Crippen LogP contribution in [0.15, 0.2) is 0 Å². The first-order valence-electron chi connectivity index (χ1n) is 11.9. The van der Waals surface area contributed by atoms with Crippen molar-refractivity contribution in [2.75, 3.05) is 6.61 Å². The van der Waals surface area contributed by atoms with E-state index < -0.39 is 0 Å². The molecule has 9 atom stereocenters. The molecule has 1 N–H and O–H groups in total. The first-order valence-corrected chi connectivity index (χ1v) is 11.9. The van der Waals surface area contributed by atoms with Crippen LogP contribution >= 0.6 is 0 Å². The number of hydrogen-bond donors (Lipinski definition) is 1. The average Bonchev–Trinajstić information content (AvgIpc) is 2.63. The van der Waals surface area contributed by atoms with Crippen LogP contribution in [0.4, 0.5) is 0 Å². The Labute approximate surface area is 172 Å². The summed E-state index contributed by atoms with van der Waals surface area (Å²) in [5, 5.41) is 9.91. The summed E-state index contributed by atoms with van der Waals surface area (Å²) >= 11 is 0. The van der Waals surface area contributed by atoms with E-state index in [0.717, 1.165) is 24.2 Å². The number of ether oxygens (including phenoxy) is 1. The standard InChI is InChI=1S/C25H42O3/c1-16-19-9-12-25(5)20-8-11-23(3,15-26)14-18(20)6-7-22(25)24(19,4)13-10-21(16)28-17(2)27/h16,18-22,26H,6-15H2,1-5H3. The molecule has 0 amide bonds. The zero-order chi connectivity index (χ0) is 20.3. The van der Waals surface area contributed by atoms with Crippen LogP contribution in [0.2, 0.25) is 0 Å². The molecule has 28 heavy (non-hydrogen) atoms. The first kappa shape index (κ1) is 20.7. The SMILES string of the molecule is CC(=O)OC1CCC2(C)C(CCC3(C)C4CCC(C)(CO)CC4CCC32)C1C. The summed E-state index contributed by atoms with van der Waals surface area (Å²) in [5.41, 5.74) is 1.01. The minimum Gasteiger partial charge on any atom is -0.462 e. The quantitative estimate of drug-likeness (QED) is 0.625. The maximum Gasteiger partial charge on any atom is 0.302 e. The second-order valence-electron chi connectivity index (χ2n) is 11.9. The van der Waals surface area contributed by atoms with Gasteiger partial charge in [0.15, 0.2) is 0 Å². The molecule has 0 aromatic heterocycles. The van der Waals surface area contributed by atoms with E-state index in [1.54, 1.807) is 6.92 Å². The van der Waals surface area contributed by atoms with Crippen molar-refractivity contribution in [2.45, 2.75) is 98.5 Å². The third-order valence-electron chi connectivity index (χ3n) is 10.4. The lowest BCUT2D eigenvalue weighted by atomic mass is 9.38. The van der Waals surface area contributed by atoms with Gasteiger partial charge in [-0.1, -0.05) is 27.7 Å². The molecule has 4 aliphatic carbocycles. The monoisotopic (exact) mass is 390 g/mol. The molecule has 0 aromatic carbocycles. The zero-order valence-electron chi connectivity index (χ0n) is 18.8. The Morgan fingerprint density at radius 2 is 1.61 bits per heavy atom. The number of fused-ring (bicyclic) bond motifs is 5. The van der Waals surface area contributed by atoms with Crippen molar-refractivity contribution in [1.29, 1.82) is 0 Å². The molecule has 0 saturated heterocycles. The highest BCUT2D eigenvalue weighted by molar-refractivity contribution is 5.66. The number of hydrogen-bond acceptors (Lipinski definition) is 3. The third-order valence-corrected chi connectivity index (χ3v) is 10.4. The van der Waals surface area contributed by atoms with E-state index >= 15 is 0 Å². The van der Waals surface area contributed by atoms with Crippen molar-refractivity contribution in [1.82, 2.24) is 0 Å². The fourth-order valence-corrected chi connectivity index (χ4v) is 8.98. The van der Waals surface area contributed by atoms with Gasteiger partial charge < -0.3 is 9.84 Å². The van der Waals surface area contributed by atoms with Crippen molar-refractivity contribution in [3.63, 3.8) is 0 Å². The van der Waals surface area contributed by atoms with Gasteiger partial charge in [-0.3, -0.25) is 4.79 Å². The summed E-state index contributed by atoms with van der Waals surface area (Å²) in [6, 6.07) is 0. The Hall–Kier alpha value is -0.570. The van der Waals surface area contributed by atoms with Gasteiger partial charge in [0, 0.05) is 13.5 Å². The van der Waals surface area contributed by atoms with Crippen LogP contribution in [0.5, 0.6) is 0 Å². The van der Waals surface area contributed by atoms with Crippen LogP contribution in [0.25, 0.3) is 0 Å². The maximum atomic E-state index is 11.6. The van der Waals surface area contributed by atoms with Gasteiger partial charge in [0.25, 0.3) is 0 Å². The van der Waals surface area contributed by atoms with Crippen LogP contribution < -0.4 is 0 Å². The molecule has 4 fully saturated rings. The summed E-state index contributed by atoms with van der Waals surface area (Å²) in [6.45, 7) is 11.8. The Balaban J connectivity index is 1.57. The van der Waals surface area contributed by atoms with Crippen LogP contribution in [-0.2, 0) is 9.53 Å². The smallest absolute Gasteiger partial charge is 0.302 e. The molecule has 0 aliphatic heterocycles. The Morgan fingerprint density at radius 1 is 0.964 bits per heavy atom. The fourth-order valence-electron chi connectivity index (χ4n) is 8.98. The Kier molecular flexibility index (Phi) is 5.17. The molecular weight excluding hydrogens is 348 g/mol. The summed E-state index contributed by atoms with van der Waals surface area (Å²) in [6.07, 6.45) is 11.4. The topological polar surface area (TPSA) is 46.5 Å². The lowest BCUT2D eigenvalue weighted by Crippen LogP contribution is -2.60. The Bertz CT molecular complexity index is 617. The first-order chi connectivity index (χ1) is 13.1. The van der Waals surface area contributed by atoms with Crippen molar-refractivity contribution < 1.29 is 14.6 Å². The molecule has 0 heterocycles. The predicted octanol–water partition coefficient (Wildman–Crippen LogP) is 5.60. The van der Waals surface area contributed by atoms with Gasteiger partial charge in [-0.15, -0.1) is 0 Å². The van der Waals surface area contributed by atoms with Gasteiger partial charge >= 0.3 is 5.97 Å². The van der Waals surface area contributed by atoms with Crippen LogP contribution in [0, 0.1) is 45.8 Å². The van der Waals surface area contributed by atoms with Gasteiger partial charge in [-0.05, 0) is 104 Å². The van der Waals surface area contributed by atoms with Crippen molar-refractivity contribution in [3.8, 4) is 0 Å². The number of esters is 1. The average molecular weight is 391 g/mol. The molecule has 0 radical (unpaired) electrons. The molecule has 9 unspecified atom stereocenters. The fraction of sp³-hybridized carbons (Fsp3) is 0.960. The molecule has 4 saturated carbocycles. The highest BCUT2D eigenvalue weighted by Crippen LogP contribution is 2.69. The maximum absolute atomic E-state index is 11.6. The number of carbonyl (C=O) groups excluding carboxylic acids is 1. The summed E-state index contributed by atoms with van der Waals surface area (Å²) in [4.78, 5) is 11.6. The number of carbonyl (C=O) groups is 1. The van der Waals surface area contributed by atoms with Crippen molar-refractivity contribution in [3.05, 3.63) is 0 Å². The highest BCUT2D eigenvalue weighted by Gasteiger charge is 2.62. The molecule has 3 heteroatoms. The van der Waals surface area contributed by atoms with Gasteiger partial charge in [-0.25, -0.2) is 0 Å². The van der Waals surface area contributed by atoms with Crippen molar-refractivity contribution in [2.24, 2.45) is 45.8 Å². The van der Waals surface area contributed by atoms with Gasteiger partial charge in [0.05, 0.1) is 0 Å². The molecule has 3 nitrogen and oxygen atoms in total. The third kappa shape index (κ3) is 3.06. The summed E-state index contributed by atoms with van der Waals surface area (Å²) < 4.78 is 5.72. The lowest BCUT2D eigenvalue weighted by molar-refractivity contribution is -0.195. The predicted molar refractivity (Wildman–Crippen MR) is 112 cm³/mol. The van der Waals surface area contributed by atoms with E-state index in [9.17, 15) is 9.90 Å². The summed E-state index contributed by atoms with van der Waals surface area (Å²) in [7, 11) is 0. The normalized spacial score (nSPS) is 53.5. The zero-order valence-corrected chi connectivity index (χ0v) is 18.8. The van der Waals surface area contributed by atoms with E-state index in [0.29, 0.717) is 29.3 Å². The summed E-state index contributed by atoms with van der Waals surface area (Å²) in [5.74, 6) is 3.50. The van der Waals surface area contributed by atoms with Gasteiger partial charge in [0.1, 0.15) is 6.10 Å². The van der Waals surface area contributed by atoms with E-state index in [1.807, 2.05) is 0 Å².